The Bertz CT molecular complexity index is 979. The highest BCUT2D eigenvalue weighted by Gasteiger charge is 2.18. The van der Waals surface area contributed by atoms with Crippen molar-refractivity contribution in [3.63, 3.8) is 0 Å². The second-order valence-electron chi connectivity index (χ2n) is 6.60. The molecule has 1 unspecified atom stereocenters. The van der Waals surface area contributed by atoms with E-state index in [0.717, 1.165) is 26.8 Å². The Kier molecular flexibility index (Phi) is 5.82. The van der Waals surface area contributed by atoms with Crippen molar-refractivity contribution < 1.29 is 9.47 Å². The van der Waals surface area contributed by atoms with Gasteiger partial charge in [-0.3, -0.25) is 9.69 Å². The van der Waals surface area contributed by atoms with Crippen LogP contribution in [0.1, 0.15) is 29.2 Å². The summed E-state index contributed by atoms with van der Waals surface area (Å²) in [6, 6.07) is 7.49. The maximum Gasteiger partial charge on any atom is 0.259 e. The van der Waals surface area contributed by atoms with Gasteiger partial charge in [0.2, 0.25) is 0 Å². The number of thiophene rings is 1. The summed E-state index contributed by atoms with van der Waals surface area (Å²) in [6.45, 7) is 7.27. The smallest absolute Gasteiger partial charge is 0.259 e. The monoisotopic (exact) mass is 387 g/mol. The molecular formula is C20H25N3O3S. The highest BCUT2D eigenvalue weighted by atomic mass is 32.1. The van der Waals surface area contributed by atoms with Crippen molar-refractivity contribution in [2.45, 2.75) is 26.8 Å². The van der Waals surface area contributed by atoms with Crippen LogP contribution >= 0.6 is 11.3 Å². The van der Waals surface area contributed by atoms with Crippen molar-refractivity contribution in [3.05, 3.63) is 50.9 Å². The van der Waals surface area contributed by atoms with Crippen molar-refractivity contribution >= 4 is 21.6 Å². The third-order valence-electron chi connectivity index (χ3n) is 4.89. The largest absolute Gasteiger partial charge is 0.497 e. The highest BCUT2D eigenvalue weighted by Crippen LogP contribution is 2.27. The van der Waals surface area contributed by atoms with Gasteiger partial charge in [-0.25, -0.2) is 4.98 Å². The van der Waals surface area contributed by atoms with Crippen LogP contribution in [0.15, 0.2) is 29.1 Å². The summed E-state index contributed by atoms with van der Waals surface area (Å²) in [4.78, 5) is 24.2. The van der Waals surface area contributed by atoms with Gasteiger partial charge in [0.25, 0.3) is 5.56 Å². The van der Waals surface area contributed by atoms with E-state index >= 15 is 0 Å². The number of ether oxygens (including phenoxy) is 2. The van der Waals surface area contributed by atoms with Gasteiger partial charge in [-0.05, 0) is 57.6 Å². The summed E-state index contributed by atoms with van der Waals surface area (Å²) >= 11 is 1.57. The first-order valence-electron chi connectivity index (χ1n) is 8.87. The number of methoxy groups -OCH3 is 1. The van der Waals surface area contributed by atoms with Crippen molar-refractivity contribution in [3.8, 4) is 11.5 Å². The van der Waals surface area contributed by atoms with Crippen LogP contribution in [-0.4, -0.2) is 42.2 Å². The molecule has 3 rings (SSSR count). The van der Waals surface area contributed by atoms with Gasteiger partial charge in [0.1, 0.15) is 28.8 Å². The first kappa shape index (κ1) is 19.4. The van der Waals surface area contributed by atoms with Crippen LogP contribution in [0.2, 0.25) is 0 Å². The number of aryl methyl sites for hydroxylation is 2. The Balaban J connectivity index is 1.65. The minimum atomic E-state index is -0.0633. The molecule has 27 heavy (non-hydrogen) atoms. The fourth-order valence-corrected chi connectivity index (χ4v) is 3.89. The number of aromatic amines is 1. The summed E-state index contributed by atoms with van der Waals surface area (Å²) < 4.78 is 10.9. The molecule has 1 N–H and O–H groups in total. The molecule has 1 aromatic carbocycles. The predicted octanol–water partition coefficient (Wildman–Crippen LogP) is 3.68. The van der Waals surface area contributed by atoms with E-state index in [1.807, 2.05) is 52.1 Å². The van der Waals surface area contributed by atoms with Crippen molar-refractivity contribution in [1.29, 1.82) is 0 Å². The molecule has 7 heteroatoms. The Morgan fingerprint density at radius 2 is 1.89 bits per heavy atom. The number of rotatable bonds is 7. The van der Waals surface area contributed by atoms with Gasteiger partial charge >= 0.3 is 0 Å². The van der Waals surface area contributed by atoms with Gasteiger partial charge < -0.3 is 14.5 Å². The van der Waals surface area contributed by atoms with E-state index in [1.54, 1.807) is 18.4 Å². The average molecular weight is 388 g/mol. The zero-order valence-electron chi connectivity index (χ0n) is 16.3. The van der Waals surface area contributed by atoms with E-state index in [2.05, 4.69) is 9.88 Å². The van der Waals surface area contributed by atoms with Gasteiger partial charge in [0, 0.05) is 11.4 Å². The zero-order valence-corrected chi connectivity index (χ0v) is 17.1. The fraction of sp³-hybridized carbons (Fsp3) is 0.400. The molecule has 1 atom stereocenters. The molecule has 0 saturated carbocycles. The number of H-pyrrole nitrogens is 1. The molecule has 144 valence electrons. The molecule has 0 radical (unpaired) electrons. The van der Waals surface area contributed by atoms with Crippen LogP contribution in [0.4, 0.5) is 0 Å². The molecule has 0 aliphatic rings. The summed E-state index contributed by atoms with van der Waals surface area (Å²) in [7, 11) is 3.64. The third kappa shape index (κ3) is 4.14. The summed E-state index contributed by atoms with van der Waals surface area (Å²) in [6.07, 6.45) is 0. The van der Waals surface area contributed by atoms with Crippen LogP contribution in [0.3, 0.4) is 0 Å². The second kappa shape index (κ2) is 8.10. The minimum absolute atomic E-state index is 0.0238. The first-order valence-corrected chi connectivity index (χ1v) is 9.69. The molecule has 0 spiro atoms. The minimum Gasteiger partial charge on any atom is -0.497 e. The highest BCUT2D eigenvalue weighted by molar-refractivity contribution is 7.18. The van der Waals surface area contributed by atoms with Gasteiger partial charge in [-0.15, -0.1) is 11.3 Å². The molecule has 6 nitrogen and oxygen atoms in total. The normalized spacial score (nSPS) is 12.5. The van der Waals surface area contributed by atoms with Crippen molar-refractivity contribution in [2.24, 2.45) is 0 Å². The molecule has 2 aromatic heterocycles. The number of fused-ring (bicyclic) bond motifs is 1. The second-order valence-corrected chi connectivity index (χ2v) is 7.80. The van der Waals surface area contributed by atoms with Gasteiger partial charge in [0.15, 0.2) is 0 Å². The van der Waals surface area contributed by atoms with Gasteiger partial charge in [0.05, 0.1) is 18.5 Å². The number of nitrogens with one attached hydrogen (secondary N) is 1. The third-order valence-corrected chi connectivity index (χ3v) is 5.99. The first-order chi connectivity index (χ1) is 12.9. The van der Waals surface area contributed by atoms with E-state index in [9.17, 15) is 4.79 Å². The lowest BCUT2D eigenvalue weighted by molar-refractivity contribution is 0.196. The van der Waals surface area contributed by atoms with Crippen molar-refractivity contribution in [1.82, 2.24) is 14.9 Å². The molecule has 3 aromatic rings. The Morgan fingerprint density at radius 1 is 1.22 bits per heavy atom. The maximum absolute atomic E-state index is 12.5. The van der Waals surface area contributed by atoms with Crippen LogP contribution in [0.5, 0.6) is 11.5 Å². The van der Waals surface area contributed by atoms with E-state index in [4.69, 9.17) is 14.5 Å². The van der Waals surface area contributed by atoms with E-state index < -0.39 is 0 Å². The van der Waals surface area contributed by atoms with Crippen LogP contribution in [-0.2, 0) is 0 Å². The SMILES string of the molecule is COc1ccc(OCCN(C)C(C)c2nc3sc(C)c(C)c3c(=O)[nH]2)cc1. The molecular weight excluding hydrogens is 362 g/mol. The summed E-state index contributed by atoms with van der Waals surface area (Å²) in [5.74, 6) is 2.28. The Hall–Kier alpha value is -2.38. The molecule has 0 fully saturated rings. The number of aromatic nitrogens is 2. The lowest BCUT2D eigenvalue weighted by Gasteiger charge is -2.23. The number of nitrogens with zero attached hydrogens (tertiary/aromatic N) is 2. The topological polar surface area (TPSA) is 67.5 Å². The van der Waals surface area contributed by atoms with E-state index in [-0.39, 0.29) is 11.6 Å². The fourth-order valence-electron chi connectivity index (χ4n) is 2.85. The molecule has 0 amide bonds. The lowest BCUT2D eigenvalue weighted by atomic mass is 10.2. The number of hydrogen-bond donors (Lipinski definition) is 1. The van der Waals surface area contributed by atoms with Crippen LogP contribution in [0.25, 0.3) is 10.2 Å². The molecule has 0 aliphatic heterocycles. The van der Waals surface area contributed by atoms with Crippen molar-refractivity contribution in [2.75, 3.05) is 27.3 Å². The zero-order chi connectivity index (χ0) is 19.6. The summed E-state index contributed by atoms with van der Waals surface area (Å²) in [5.41, 5.74) is 0.954. The Labute approximate surface area is 162 Å². The molecule has 2 heterocycles. The molecule has 0 saturated heterocycles. The average Bonchev–Trinajstić information content (AvgIpc) is 2.95. The molecule has 0 aliphatic carbocycles. The predicted molar refractivity (Wildman–Crippen MR) is 109 cm³/mol. The number of likely N-dealkylation sites (N-methyl/N-ethyl adjacent to an activating group) is 1. The maximum atomic E-state index is 12.5. The Morgan fingerprint density at radius 3 is 2.56 bits per heavy atom. The van der Waals surface area contributed by atoms with Crippen LogP contribution in [0, 0.1) is 13.8 Å². The van der Waals surface area contributed by atoms with Crippen LogP contribution < -0.4 is 15.0 Å². The number of hydrogen-bond acceptors (Lipinski definition) is 6. The lowest BCUT2D eigenvalue weighted by Crippen LogP contribution is -2.29. The molecule has 0 bridgehead atoms. The standard InChI is InChI=1S/C20H25N3O3S/c1-12-14(3)27-20-17(12)19(24)21-18(22-20)13(2)23(4)10-11-26-16-8-6-15(25-5)7-9-16/h6-9,13H,10-11H2,1-5H3,(H,21,22,24). The number of benzene rings is 1. The summed E-state index contributed by atoms with van der Waals surface area (Å²) in [5, 5.41) is 0.707. The van der Waals surface area contributed by atoms with Gasteiger partial charge in [-0.1, -0.05) is 0 Å². The van der Waals surface area contributed by atoms with Gasteiger partial charge in [-0.2, -0.15) is 0 Å². The van der Waals surface area contributed by atoms with E-state index in [1.165, 1.54) is 0 Å². The quantitative estimate of drug-likeness (QED) is 0.670. The van der Waals surface area contributed by atoms with E-state index in [0.29, 0.717) is 24.4 Å².